The topological polar surface area (TPSA) is 66.9 Å². The number of methoxy groups -OCH3 is 1. The molecule has 1 atom stereocenters. The van der Waals surface area contributed by atoms with E-state index in [2.05, 4.69) is 0 Å². The van der Waals surface area contributed by atoms with Gasteiger partial charge in [-0.15, -0.1) is 0 Å². The number of hydrogen-bond acceptors (Lipinski definition) is 4. The largest absolute Gasteiger partial charge is 0.497 e. The molecule has 1 unspecified atom stereocenters. The molecular formula is C21H25FN2O4S. The second-order valence-corrected chi connectivity index (χ2v) is 9.10. The third-order valence-electron chi connectivity index (χ3n) is 5.17. The van der Waals surface area contributed by atoms with Crippen LogP contribution < -0.4 is 4.74 Å². The fourth-order valence-corrected chi connectivity index (χ4v) is 5.05. The van der Waals surface area contributed by atoms with Crippen LogP contribution in [0.3, 0.4) is 0 Å². The summed E-state index contributed by atoms with van der Waals surface area (Å²) in [5.41, 5.74) is 0.432. The van der Waals surface area contributed by atoms with Crippen molar-refractivity contribution in [3.8, 4) is 5.75 Å². The minimum absolute atomic E-state index is 0.120. The summed E-state index contributed by atoms with van der Waals surface area (Å²) in [6.45, 7) is 0.636. The van der Waals surface area contributed by atoms with Gasteiger partial charge < -0.3 is 9.64 Å². The molecule has 0 bridgehead atoms. The van der Waals surface area contributed by atoms with Gasteiger partial charge in [-0.3, -0.25) is 4.79 Å². The summed E-state index contributed by atoms with van der Waals surface area (Å²) in [5.74, 6) is -0.415. The van der Waals surface area contributed by atoms with E-state index in [0.29, 0.717) is 30.7 Å². The Kier molecular flexibility index (Phi) is 6.54. The van der Waals surface area contributed by atoms with Gasteiger partial charge >= 0.3 is 0 Å². The minimum Gasteiger partial charge on any atom is -0.497 e. The maximum Gasteiger partial charge on any atom is 0.243 e. The van der Waals surface area contributed by atoms with Crippen molar-refractivity contribution in [2.75, 3.05) is 27.2 Å². The van der Waals surface area contributed by atoms with Crippen LogP contribution in [-0.4, -0.2) is 50.8 Å². The highest BCUT2D eigenvalue weighted by molar-refractivity contribution is 7.89. The number of hydrogen-bond donors (Lipinski definition) is 0. The van der Waals surface area contributed by atoms with Crippen LogP contribution in [0.25, 0.3) is 0 Å². The van der Waals surface area contributed by atoms with Crippen LogP contribution in [0.1, 0.15) is 18.4 Å². The molecule has 1 amide bonds. The lowest BCUT2D eigenvalue weighted by molar-refractivity contribution is -0.135. The Morgan fingerprint density at radius 1 is 1.21 bits per heavy atom. The summed E-state index contributed by atoms with van der Waals surface area (Å²) in [6.07, 6.45) is 1.20. The van der Waals surface area contributed by atoms with Crippen LogP contribution in [0, 0.1) is 11.7 Å². The summed E-state index contributed by atoms with van der Waals surface area (Å²) in [6, 6.07) is 12.5. The predicted octanol–water partition coefficient (Wildman–Crippen LogP) is 2.89. The predicted molar refractivity (Wildman–Crippen MR) is 107 cm³/mol. The Bertz CT molecular complexity index is 963. The SMILES string of the molecule is COc1ccc(S(=O)(=O)N2CCCC(C(=O)N(C)Cc3ccccc3F)C2)cc1. The molecule has 0 saturated carbocycles. The third kappa shape index (κ3) is 4.76. The number of amides is 1. The van der Waals surface area contributed by atoms with Crippen LogP contribution in [0.5, 0.6) is 5.75 Å². The van der Waals surface area contributed by atoms with Gasteiger partial charge in [0, 0.05) is 32.2 Å². The van der Waals surface area contributed by atoms with Gasteiger partial charge in [-0.05, 0) is 43.2 Å². The second kappa shape index (κ2) is 8.92. The van der Waals surface area contributed by atoms with Crippen LogP contribution in [-0.2, 0) is 21.4 Å². The number of rotatable bonds is 6. The van der Waals surface area contributed by atoms with E-state index >= 15 is 0 Å². The van der Waals surface area contributed by atoms with Crippen molar-refractivity contribution >= 4 is 15.9 Å². The molecule has 156 valence electrons. The average Bonchev–Trinajstić information content (AvgIpc) is 2.75. The van der Waals surface area contributed by atoms with E-state index in [4.69, 9.17) is 4.74 Å². The van der Waals surface area contributed by atoms with E-state index in [1.165, 1.54) is 34.5 Å². The van der Waals surface area contributed by atoms with Crippen molar-refractivity contribution < 1.29 is 22.3 Å². The quantitative estimate of drug-likeness (QED) is 0.721. The summed E-state index contributed by atoms with van der Waals surface area (Å²) in [5, 5.41) is 0. The van der Waals surface area contributed by atoms with Gasteiger partial charge in [0.25, 0.3) is 0 Å². The Labute approximate surface area is 170 Å². The van der Waals surface area contributed by atoms with Crippen molar-refractivity contribution in [2.24, 2.45) is 5.92 Å². The highest BCUT2D eigenvalue weighted by Gasteiger charge is 2.34. The number of sulfonamides is 1. The van der Waals surface area contributed by atoms with Crippen LogP contribution in [0.15, 0.2) is 53.4 Å². The maximum absolute atomic E-state index is 13.9. The zero-order valence-electron chi connectivity index (χ0n) is 16.5. The van der Waals surface area contributed by atoms with Crippen molar-refractivity contribution in [1.29, 1.82) is 0 Å². The van der Waals surface area contributed by atoms with E-state index in [0.717, 1.165) is 0 Å². The lowest BCUT2D eigenvalue weighted by atomic mass is 9.98. The molecule has 2 aromatic rings. The van der Waals surface area contributed by atoms with E-state index in [1.54, 1.807) is 37.4 Å². The van der Waals surface area contributed by atoms with Gasteiger partial charge in [0.2, 0.25) is 15.9 Å². The van der Waals surface area contributed by atoms with Gasteiger partial charge in [0.15, 0.2) is 0 Å². The lowest BCUT2D eigenvalue weighted by Crippen LogP contribution is -2.45. The fourth-order valence-electron chi connectivity index (χ4n) is 3.53. The molecule has 1 heterocycles. The van der Waals surface area contributed by atoms with Crippen molar-refractivity contribution in [3.05, 3.63) is 59.9 Å². The number of carbonyl (C=O) groups is 1. The summed E-state index contributed by atoms with van der Waals surface area (Å²) in [4.78, 5) is 14.5. The molecule has 2 aromatic carbocycles. The number of ether oxygens (including phenoxy) is 1. The number of piperidine rings is 1. The van der Waals surface area contributed by atoms with E-state index in [9.17, 15) is 17.6 Å². The molecule has 29 heavy (non-hydrogen) atoms. The summed E-state index contributed by atoms with van der Waals surface area (Å²) >= 11 is 0. The third-order valence-corrected chi connectivity index (χ3v) is 7.05. The van der Waals surface area contributed by atoms with Crippen molar-refractivity contribution in [1.82, 2.24) is 9.21 Å². The molecule has 0 spiro atoms. The number of nitrogens with zero attached hydrogens (tertiary/aromatic N) is 2. The summed E-state index contributed by atoms with van der Waals surface area (Å²) in [7, 11) is -0.565. The first-order chi connectivity index (χ1) is 13.8. The smallest absolute Gasteiger partial charge is 0.243 e. The highest BCUT2D eigenvalue weighted by Crippen LogP contribution is 2.26. The van der Waals surface area contributed by atoms with Gasteiger partial charge in [-0.1, -0.05) is 18.2 Å². The molecule has 1 saturated heterocycles. The van der Waals surface area contributed by atoms with E-state index in [1.807, 2.05) is 0 Å². The molecule has 0 N–H and O–H groups in total. The van der Waals surface area contributed by atoms with Gasteiger partial charge in [-0.25, -0.2) is 12.8 Å². The fraction of sp³-hybridized carbons (Fsp3) is 0.381. The number of benzene rings is 2. The molecule has 0 aromatic heterocycles. The molecule has 1 aliphatic rings. The van der Waals surface area contributed by atoms with Gasteiger partial charge in [0.05, 0.1) is 17.9 Å². The molecule has 3 rings (SSSR count). The van der Waals surface area contributed by atoms with Crippen molar-refractivity contribution in [2.45, 2.75) is 24.3 Å². The molecular weight excluding hydrogens is 395 g/mol. The van der Waals surface area contributed by atoms with E-state index in [-0.39, 0.29) is 29.7 Å². The van der Waals surface area contributed by atoms with E-state index < -0.39 is 15.9 Å². The van der Waals surface area contributed by atoms with Crippen LogP contribution >= 0.6 is 0 Å². The number of halogens is 1. The molecule has 0 aliphatic carbocycles. The first kappa shape index (κ1) is 21.3. The zero-order chi connectivity index (χ0) is 21.0. The lowest BCUT2D eigenvalue weighted by Gasteiger charge is -2.33. The second-order valence-electron chi connectivity index (χ2n) is 7.16. The molecule has 0 radical (unpaired) electrons. The molecule has 6 nitrogen and oxygen atoms in total. The normalized spacial score (nSPS) is 17.7. The monoisotopic (exact) mass is 420 g/mol. The molecule has 1 fully saturated rings. The molecule has 8 heteroatoms. The molecule has 1 aliphatic heterocycles. The zero-order valence-corrected chi connectivity index (χ0v) is 17.4. The maximum atomic E-state index is 13.9. The highest BCUT2D eigenvalue weighted by atomic mass is 32.2. The summed E-state index contributed by atoms with van der Waals surface area (Å²) < 4.78 is 46.3. The van der Waals surface area contributed by atoms with Crippen LogP contribution in [0.4, 0.5) is 4.39 Å². The minimum atomic E-state index is -3.70. The average molecular weight is 421 g/mol. The Morgan fingerprint density at radius 2 is 1.90 bits per heavy atom. The van der Waals surface area contributed by atoms with Crippen molar-refractivity contribution in [3.63, 3.8) is 0 Å². The first-order valence-corrected chi connectivity index (χ1v) is 10.9. The number of carbonyl (C=O) groups excluding carboxylic acids is 1. The van der Waals surface area contributed by atoms with Gasteiger partial charge in [-0.2, -0.15) is 4.31 Å². The van der Waals surface area contributed by atoms with Gasteiger partial charge in [0.1, 0.15) is 11.6 Å². The first-order valence-electron chi connectivity index (χ1n) is 9.45. The Morgan fingerprint density at radius 3 is 2.55 bits per heavy atom. The standard InChI is InChI=1S/C21H25FN2O4S/c1-23(14-16-6-3-4-8-20(16)22)21(25)17-7-5-13-24(15-17)29(26,27)19-11-9-18(28-2)10-12-19/h3-4,6,8-12,17H,5,7,13-15H2,1-2H3. The Balaban J connectivity index is 1.70. The Hall–Kier alpha value is -2.45. The van der Waals surface area contributed by atoms with Crippen LogP contribution in [0.2, 0.25) is 0 Å².